The van der Waals surface area contributed by atoms with Crippen LogP contribution in [0.2, 0.25) is 0 Å². The number of anilines is 1. The van der Waals surface area contributed by atoms with Gasteiger partial charge in [0.05, 0.1) is 5.56 Å². The van der Waals surface area contributed by atoms with Crippen molar-refractivity contribution in [3.8, 4) is 0 Å². The summed E-state index contributed by atoms with van der Waals surface area (Å²) in [6.45, 7) is 8.25. The fourth-order valence-electron chi connectivity index (χ4n) is 2.74. The molecule has 0 atom stereocenters. The van der Waals surface area contributed by atoms with Crippen LogP contribution in [-0.4, -0.2) is 40.4 Å². The molecule has 3 rings (SSSR count). The molecule has 0 amide bonds. The largest absolute Gasteiger partial charge is 0.416 e. The lowest BCUT2D eigenvalue weighted by atomic mass is 10.1. The molecule has 0 saturated carbocycles. The van der Waals surface area contributed by atoms with Gasteiger partial charge in [0.1, 0.15) is 5.82 Å². The number of nitrogens with zero attached hydrogens (tertiary/aromatic N) is 4. The number of hydrogen-bond acceptors (Lipinski definition) is 5. The van der Waals surface area contributed by atoms with Gasteiger partial charge in [0, 0.05) is 50.2 Å². The normalized spacial score (nSPS) is 16.6. The van der Waals surface area contributed by atoms with E-state index in [1.54, 1.807) is 12.1 Å². The smallest absolute Gasteiger partial charge is 0.344 e. The van der Waals surface area contributed by atoms with Gasteiger partial charge in [-0.1, -0.05) is 26.0 Å². The third-order valence-corrected chi connectivity index (χ3v) is 5.07. The van der Waals surface area contributed by atoms with Crippen molar-refractivity contribution in [2.45, 2.75) is 32.5 Å². The predicted octanol–water partition coefficient (Wildman–Crippen LogP) is 4.00. The minimum Gasteiger partial charge on any atom is -0.344 e. The first-order chi connectivity index (χ1) is 11.8. The number of benzene rings is 1. The van der Waals surface area contributed by atoms with Crippen molar-refractivity contribution in [2.75, 3.05) is 31.1 Å². The highest BCUT2D eigenvalue weighted by atomic mass is 32.1. The quantitative estimate of drug-likeness (QED) is 0.814. The van der Waals surface area contributed by atoms with E-state index in [1.807, 2.05) is 0 Å². The van der Waals surface area contributed by atoms with Crippen molar-refractivity contribution in [3.63, 3.8) is 0 Å². The summed E-state index contributed by atoms with van der Waals surface area (Å²) in [5.41, 5.74) is 0.303. The average Bonchev–Trinajstić information content (AvgIpc) is 3.05. The van der Waals surface area contributed by atoms with Crippen molar-refractivity contribution in [1.82, 2.24) is 14.3 Å². The van der Waals surface area contributed by atoms with E-state index in [4.69, 9.17) is 0 Å². The molecule has 8 heteroatoms. The Morgan fingerprint density at radius 1 is 1.08 bits per heavy atom. The highest BCUT2D eigenvalue weighted by Crippen LogP contribution is 2.29. The SMILES string of the molecule is CC(C)c1nsc(N2CCN(Cc3ccc(C(F)(F)F)cc3)CC2)n1. The molecule has 0 radical (unpaired) electrons. The maximum atomic E-state index is 12.6. The number of hydrogen-bond donors (Lipinski definition) is 0. The molecule has 136 valence electrons. The molecule has 1 aliphatic heterocycles. The summed E-state index contributed by atoms with van der Waals surface area (Å²) in [6, 6.07) is 5.43. The summed E-state index contributed by atoms with van der Waals surface area (Å²) in [5.74, 6) is 1.21. The number of alkyl halides is 3. The number of rotatable bonds is 4. The van der Waals surface area contributed by atoms with Gasteiger partial charge in [-0.25, -0.2) is 4.98 Å². The van der Waals surface area contributed by atoms with Gasteiger partial charge in [0.25, 0.3) is 0 Å². The van der Waals surface area contributed by atoms with E-state index in [0.29, 0.717) is 12.5 Å². The fourth-order valence-corrected chi connectivity index (χ4v) is 3.60. The van der Waals surface area contributed by atoms with Crippen LogP contribution in [0, 0.1) is 0 Å². The molecule has 0 aliphatic carbocycles. The van der Waals surface area contributed by atoms with E-state index < -0.39 is 11.7 Å². The summed E-state index contributed by atoms with van der Waals surface area (Å²) in [4.78, 5) is 9.07. The lowest BCUT2D eigenvalue weighted by Crippen LogP contribution is -2.45. The van der Waals surface area contributed by atoms with Crippen LogP contribution in [-0.2, 0) is 12.7 Å². The highest BCUT2D eigenvalue weighted by Gasteiger charge is 2.30. The Kier molecular flexibility index (Phi) is 5.29. The first-order valence-electron chi connectivity index (χ1n) is 8.30. The Balaban J connectivity index is 1.53. The van der Waals surface area contributed by atoms with Gasteiger partial charge in [-0.3, -0.25) is 4.90 Å². The topological polar surface area (TPSA) is 32.3 Å². The summed E-state index contributed by atoms with van der Waals surface area (Å²) in [5, 5.41) is 0.956. The van der Waals surface area contributed by atoms with Crippen LogP contribution in [0.15, 0.2) is 24.3 Å². The summed E-state index contributed by atoms with van der Waals surface area (Å²) in [7, 11) is 0. The molecule has 25 heavy (non-hydrogen) atoms. The van der Waals surface area contributed by atoms with E-state index in [0.717, 1.165) is 54.8 Å². The zero-order valence-corrected chi connectivity index (χ0v) is 15.1. The maximum Gasteiger partial charge on any atom is 0.416 e. The van der Waals surface area contributed by atoms with Crippen LogP contribution in [0.1, 0.15) is 36.7 Å². The first-order valence-corrected chi connectivity index (χ1v) is 9.07. The van der Waals surface area contributed by atoms with Crippen molar-refractivity contribution >= 4 is 16.7 Å². The standard InChI is InChI=1S/C17H21F3N4S/c1-12(2)15-21-16(25-22-15)24-9-7-23(8-10-24)11-13-3-5-14(6-4-13)17(18,19)20/h3-6,12H,7-11H2,1-2H3. The molecule has 0 spiro atoms. The minimum atomic E-state index is -4.28. The Hall–Kier alpha value is -1.67. The van der Waals surface area contributed by atoms with Gasteiger partial charge < -0.3 is 4.90 Å². The molecule has 0 N–H and O–H groups in total. The monoisotopic (exact) mass is 370 g/mol. The molecule has 2 aromatic rings. The van der Waals surface area contributed by atoms with Crippen molar-refractivity contribution < 1.29 is 13.2 Å². The molecule has 1 aliphatic rings. The molecule has 1 saturated heterocycles. The number of piperazine rings is 1. The molecule has 1 aromatic carbocycles. The first kappa shape index (κ1) is 18.1. The zero-order valence-electron chi connectivity index (χ0n) is 14.3. The lowest BCUT2D eigenvalue weighted by molar-refractivity contribution is -0.137. The Morgan fingerprint density at radius 2 is 1.72 bits per heavy atom. The molecule has 1 fully saturated rings. The Morgan fingerprint density at radius 3 is 2.24 bits per heavy atom. The van der Waals surface area contributed by atoms with Crippen LogP contribution in [0.4, 0.5) is 18.3 Å². The summed E-state index contributed by atoms with van der Waals surface area (Å²) in [6.07, 6.45) is -4.28. The third-order valence-electron chi connectivity index (χ3n) is 4.28. The minimum absolute atomic E-state index is 0.325. The van der Waals surface area contributed by atoms with Crippen LogP contribution in [0.25, 0.3) is 0 Å². The summed E-state index contributed by atoms with van der Waals surface area (Å²) < 4.78 is 42.2. The predicted molar refractivity (Wildman–Crippen MR) is 92.9 cm³/mol. The molecule has 0 bridgehead atoms. The third kappa shape index (κ3) is 4.49. The average molecular weight is 370 g/mol. The summed E-state index contributed by atoms with van der Waals surface area (Å²) >= 11 is 1.43. The molecule has 4 nitrogen and oxygen atoms in total. The second-order valence-electron chi connectivity index (χ2n) is 6.55. The van der Waals surface area contributed by atoms with Gasteiger partial charge in [-0.05, 0) is 17.7 Å². The molecule has 1 aromatic heterocycles. The fraction of sp³-hybridized carbons (Fsp3) is 0.529. The molecule has 2 heterocycles. The molecular formula is C17H21F3N4S. The molecular weight excluding hydrogens is 349 g/mol. The highest BCUT2D eigenvalue weighted by molar-refractivity contribution is 7.09. The van der Waals surface area contributed by atoms with Gasteiger partial charge in [-0.2, -0.15) is 17.5 Å². The Bertz CT molecular complexity index is 689. The second kappa shape index (κ2) is 7.29. The van der Waals surface area contributed by atoms with E-state index in [2.05, 4.69) is 33.0 Å². The van der Waals surface area contributed by atoms with E-state index in [-0.39, 0.29) is 0 Å². The zero-order chi connectivity index (χ0) is 18.0. The van der Waals surface area contributed by atoms with Crippen molar-refractivity contribution in [3.05, 3.63) is 41.2 Å². The second-order valence-corrected chi connectivity index (χ2v) is 7.28. The van der Waals surface area contributed by atoms with Crippen LogP contribution >= 0.6 is 11.5 Å². The van der Waals surface area contributed by atoms with Crippen molar-refractivity contribution in [2.24, 2.45) is 0 Å². The molecule has 0 unspecified atom stereocenters. The van der Waals surface area contributed by atoms with Crippen LogP contribution in [0.3, 0.4) is 0 Å². The van der Waals surface area contributed by atoms with Crippen LogP contribution < -0.4 is 4.90 Å². The number of halogens is 3. The van der Waals surface area contributed by atoms with E-state index in [1.165, 1.54) is 11.5 Å². The maximum absolute atomic E-state index is 12.6. The van der Waals surface area contributed by atoms with E-state index in [9.17, 15) is 13.2 Å². The number of aromatic nitrogens is 2. The van der Waals surface area contributed by atoms with Gasteiger partial charge in [0.15, 0.2) is 0 Å². The van der Waals surface area contributed by atoms with E-state index >= 15 is 0 Å². The lowest BCUT2D eigenvalue weighted by Gasteiger charge is -2.34. The van der Waals surface area contributed by atoms with Crippen LogP contribution in [0.5, 0.6) is 0 Å². The van der Waals surface area contributed by atoms with Gasteiger partial charge in [0.2, 0.25) is 5.13 Å². The van der Waals surface area contributed by atoms with Crippen molar-refractivity contribution in [1.29, 1.82) is 0 Å². The Labute approximate surface area is 149 Å². The van der Waals surface area contributed by atoms with Gasteiger partial charge in [-0.15, -0.1) is 0 Å². The van der Waals surface area contributed by atoms with Gasteiger partial charge >= 0.3 is 6.18 Å².